The first-order valence-corrected chi connectivity index (χ1v) is 13.4. The number of fused-ring (bicyclic) bond motifs is 6. The van der Waals surface area contributed by atoms with Crippen LogP contribution in [0.5, 0.6) is 0 Å². The first kappa shape index (κ1) is 21.9. The Labute approximate surface area is 219 Å². The highest BCUT2D eigenvalue weighted by molar-refractivity contribution is 7.99. The van der Waals surface area contributed by atoms with Crippen molar-refractivity contribution in [2.75, 3.05) is 0 Å². The Kier molecular flexibility index (Phi) is 5.30. The van der Waals surface area contributed by atoms with E-state index in [0.29, 0.717) is 0 Å². The van der Waals surface area contributed by atoms with Gasteiger partial charge in [0.05, 0.1) is 22.4 Å². The Balaban J connectivity index is 1.61. The number of aromatic nitrogens is 1. The number of benzene rings is 6. The summed E-state index contributed by atoms with van der Waals surface area (Å²) in [5.41, 5.74) is 5.83. The monoisotopic (exact) mass is 492 g/mol. The van der Waals surface area contributed by atoms with E-state index < -0.39 is 0 Å². The molecule has 0 aliphatic heterocycles. The van der Waals surface area contributed by atoms with E-state index in [0.717, 1.165) is 11.4 Å². The quantitative estimate of drug-likeness (QED) is 0.173. The maximum Gasteiger partial charge on any atom is 0.0766 e. The van der Waals surface area contributed by atoms with E-state index in [9.17, 15) is 0 Å². The van der Waals surface area contributed by atoms with E-state index in [1.807, 2.05) is 11.8 Å². The minimum atomic E-state index is 0.872. The van der Waals surface area contributed by atoms with Crippen molar-refractivity contribution in [3.63, 3.8) is 0 Å². The van der Waals surface area contributed by atoms with Gasteiger partial charge >= 0.3 is 0 Å². The van der Waals surface area contributed by atoms with Crippen molar-refractivity contribution in [1.82, 2.24) is 4.57 Å². The number of thioether (sulfide) groups is 1. The normalized spacial score (nSPS) is 11.6. The zero-order valence-electron chi connectivity index (χ0n) is 20.3. The fraction of sp³-hybridized carbons (Fsp3) is 0.0294. The summed E-state index contributed by atoms with van der Waals surface area (Å²) >= 11 is 1.84. The number of nitrogens with zero attached hydrogens (tertiary/aromatic N) is 2. The van der Waals surface area contributed by atoms with E-state index in [1.54, 1.807) is 0 Å². The minimum absolute atomic E-state index is 0.872. The maximum atomic E-state index is 4.45. The van der Waals surface area contributed by atoms with Crippen LogP contribution in [0, 0.1) is 0 Å². The molecular formula is C34H24N2S. The summed E-state index contributed by atoms with van der Waals surface area (Å²) in [6.45, 7) is 3.92. The number of hydrogen-bond donors (Lipinski definition) is 0. The number of hydrogen-bond acceptors (Lipinski definition) is 2. The molecule has 0 aliphatic carbocycles. The van der Waals surface area contributed by atoms with E-state index >= 15 is 0 Å². The Hall–Kier alpha value is -4.34. The highest BCUT2D eigenvalue weighted by Crippen LogP contribution is 2.46. The van der Waals surface area contributed by atoms with E-state index in [1.165, 1.54) is 59.5 Å². The molecule has 3 heteroatoms. The van der Waals surface area contributed by atoms with Crippen molar-refractivity contribution < 1.29 is 0 Å². The Morgan fingerprint density at radius 1 is 0.622 bits per heavy atom. The van der Waals surface area contributed by atoms with E-state index in [2.05, 4.69) is 138 Å². The zero-order valence-corrected chi connectivity index (χ0v) is 21.1. The summed E-state index contributed by atoms with van der Waals surface area (Å²) in [4.78, 5) is 5.63. The Morgan fingerprint density at radius 3 is 2.14 bits per heavy atom. The standard InChI is InChI=1S/C34H24N2S/c1-35-29-20-21-31-32(34(29)37-22-23-10-3-2-4-11-23)28-19-18-25-13-6-8-16-27(25)33(28)36(31)30-17-9-14-24-12-5-7-15-26(24)30/h2-21H,1,22H2. The molecule has 1 aromatic heterocycles. The summed E-state index contributed by atoms with van der Waals surface area (Å²) in [6.07, 6.45) is 0. The molecule has 176 valence electrons. The van der Waals surface area contributed by atoms with Crippen LogP contribution in [0.15, 0.2) is 131 Å². The SMILES string of the molecule is C=Nc1ccc2c(c1SCc1ccccc1)c1ccc3ccccc3c1n2-c1cccc2ccccc12. The van der Waals surface area contributed by atoms with Crippen LogP contribution in [0.3, 0.4) is 0 Å². The second-order valence-corrected chi connectivity index (χ2v) is 10.2. The lowest BCUT2D eigenvalue weighted by molar-refractivity contribution is 1.20. The molecule has 0 amide bonds. The molecule has 0 spiro atoms. The predicted octanol–water partition coefficient (Wildman–Crippen LogP) is 9.71. The molecule has 0 N–H and O–H groups in total. The molecule has 0 bridgehead atoms. The molecule has 0 fully saturated rings. The van der Waals surface area contributed by atoms with Crippen molar-refractivity contribution >= 4 is 67.5 Å². The number of rotatable bonds is 5. The highest BCUT2D eigenvalue weighted by Gasteiger charge is 2.20. The lowest BCUT2D eigenvalue weighted by Crippen LogP contribution is -1.96. The average molecular weight is 493 g/mol. The van der Waals surface area contributed by atoms with Crippen LogP contribution in [0.2, 0.25) is 0 Å². The second-order valence-electron chi connectivity index (χ2n) is 9.26. The topological polar surface area (TPSA) is 17.3 Å². The maximum absolute atomic E-state index is 4.45. The molecule has 6 aromatic carbocycles. The van der Waals surface area contributed by atoms with Gasteiger partial charge in [-0.25, -0.2) is 0 Å². The van der Waals surface area contributed by atoms with Crippen molar-refractivity contribution in [2.24, 2.45) is 4.99 Å². The van der Waals surface area contributed by atoms with Crippen LogP contribution in [-0.4, -0.2) is 11.3 Å². The van der Waals surface area contributed by atoms with Gasteiger partial charge in [0, 0.05) is 32.2 Å². The lowest BCUT2D eigenvalue weighted by atomic mass is 10.1. The average Bonchev–Trinajstić information content (AvgIpc) is 3.31. The van der Waals surface area contributed by atoms with Crippen LogP contribution in [0.25, 0.3) is 49.0 Å². The zero-order chi connectivity index (χ0) is 24.8. The molecular weight excluding hydrogens is 468 g/mol. The third kappa shape index (κ3) is 3.54. The largest absolute Gasteiger partial charge is 0.308 e. The van der Waals surface area contributed by atoms with Crippen molar-refractivity contribution in [3.8, 4) is 5.69 Å². The van der Waals surface area contributed by atoms with Crippen LogP contribution < -0.4 is 0 Å². The van der Waals surface area contributed by atoms with Gasteiger partial charge in [-0.1, -0.05) is 103 Å². The summed E-state index contributed by atoms with van der Waals surface area (Å²) in [6, 6.07) is 43.4. The molecule has 0 aliphatic rings. The van der Waals surface area contributed by atoms with E-state index in [4.69, 9.17) is 0 Å². The van der Waals surface area contributed by atoms with Crippen LogP contribution in [0.4, 0.5) is 5.69 Å². The molecule has 2 nitrogen and oxygen atoms in total. The molecule has 7 aromatic rings. The van der Waals surface area contributed by atoms with Gasteiger partial charge < -0.3 is 4.57 Å². The smallest absolute Gasteiger partial charge is 0.0766 e. The molecule has 0 saturated carbocycles. The predicted molar refractivity (Wildman–Crippen MR) is 161 cm³/mol. The third-order valence-electron chi connectivity index (χ3n) is 7.15. The third-order valence-corrected chi connectivity index (χ3v) is 8.33. The van der Waals surface area contributed by atoms with Crippen LogP contribution in [-0.2, 0) is 5.75 Å². The Morgan fingerprint density at radius 2 is 1.32 bits per heavy atom. The Bertz CT molecular complexity index is 1950. The molecule has 0 radical (unpaired) electrons. The van der Waals surface area contributed by atoms with Gasteiger partial charge in [0.25, 0.3) is 0 Å². The summed E-state index contributed by atoms with van der Waals surface area (Å²) in [7, 11) is 0. The molecule has 1 heterocycles. The lowest BCUT2D eigenvalue weighted by Gasteiger charge is -2.13. The van der Waals surface area contributed by atoms with Gasteiger partial charge in [-0.05, 0) is 41.3 Å². The summed E-state index contributed by atoms with van der Waals surface area (Å²) in [5.74, 6) is 0.872. The number of aliphatic imine (C=N–C) groups is 1. The first-order chi connectivity index (χ1) is 18.3. The molecule has 37 heavy (non-hydrogen) atoms. The van der Waals surface area contributed by atoms with Crippen molar-refractivity contribution in [1.29, 1.82) is 0 Å². The van der Waals surface area contributed by atoms with Gasteiger partial charge in [0.1, 0.15) is 0 Å². The fourth-order valence-electron chi connectivity index (χ4n) is 5.48. The minimum Gasteiger partial charge on any atom is -0.308 e. The van der Waals surface area contributed by atoms with Gasteiger partial charge in [0.15, 0.2) is 0 Å². The molecule has 0 atom stereocenters. The van der Waals surface area contributed by atoms with Crippen LogP contribution in [0.1, 0.15) is 5.56 Å². The van der Waals surface area contributed by atoms with Gasteiger partial charge in [-0.15, -0.1) is 11.8 Å². The summed E-state index contributed by atoms with van der Waals surface area (Å²) in [5, 5.41) is 7.43. The highest BCUT2D eigenvalue weighted by atomic mass is 32.2. The second kappa shape index (κ2) is 8.95. The molecule has 7 rings (SSSR count). The summed E-state index contributed by atoms with van der Waals surface area (Å²) < 4.78 is 2.45. The molecule has 0 unspecified atom stereocenters. The fourth-order valence-corrected chi connectivity index (χ4v) is 6.62. The van der Waals surface area contributed by atoms with Gasteiger partial charge in [-0.2, -0.15) is 0 Å². The first-order valence-electron chi connectivity index (χ1n) is 12.4. The van der Waals surface area contributed by atoms with Crippen molar-refractivity contribution in [2.45, 2.75) is 10.6 Å². The van der Waals surface area contributed by atoms with Crippen LogP contribution >= 0.6 is 11.8 Å². The van der Waals surface area contributed by atoms with Gasteiger partial charge in [-0.3, -0.25) is 4.99 Å². The van der Waals surface area contributed by atoms with Gasteiger partial charge in [0.2, 0.25) is 0 Å². The van der Waals surface area contributed by atoms with E-state index in [-0.39, 0.29) is 0 Å². The molecule has 0 saturated heterocycles. The van der Waals surface area contributed by atoms with Crippen molar-refractivity contribution in [3.05, 3.63) is 127 Å².